The molecular weight excluding hydrogens is 541 g/mol. The van der Waals surface area contributed by atoms with E-state index in [1.165, 1.54) is 0 Å². The molecule has 22 heteroatoms. The predicted octanol–water partition coefficient (Wildman–Crippen LogP) is -4.37. The number of aliphatic hydroxyl groups excluding tert-OH is 4. The summed E-state index contributed by atoms with van der Waals surface area (Å²) in [4.78, 5) is 54.6. The minimum Gasteiger partial charge on any atom is -0.394 e. The molecule has 2 aliphatic rings. The average molecular weight is 566 g/mol. The van der Waals surface area contributed by atoms with Crippen molar-refractivity contribution in [2.75, 3.05) is 13.7 Å². The zero-order valence-corrected chi connectivity index (χ0v) is 19.7. The molecule has 2 rings (SSSR count). The first-order valence-electron chi connectivity index (χ1n) is 9.09. The zero-order chi connectivity index (χ0) is 26.2. The second kappa shape index (κ2) is 11.2. The smallest absolute Gasteiger partial charge is 0.394 e. The Hall–Kier alpha value is 0.0500. The highest BCUT2D eigenvalue weighted by Crippen LogP contribution is 2.48. The van der Waals surface area contributed by atoms with E-state index in [1.54, 1.807) is 0 Å². The van der Waals surface area contributed by atoms with Crippen LogP contribution in [-0.4, -0.2) is 125 Å². The summed E-state index contributed by atoms with van der Waals surface area (Å²) in [6, 6.07) is 0. The predicted molar refractivity (Wildman–Crippen MR) is 100 cm³/mol. The molecule has 1 saturated heterocycles. The van der Waals surface area contributed by atoms with Gasteiger partial charge in [-0.15, -0.1) is 0 Å². The van der Waals surface area contributed by atoms with Crippen molar-refractivity contribution in [2.24, 2.45) is 0 Å². The van der Waals surface area contributed by atoms with Crippen LogP contribution in [0.25, 0.3) is 0 Å². The van der Waals surface area contributed by atoms with Gasteiger partial charge in [0.05, 0.1) is 6.61 Å². The molecule has 1 aliphatic carbocycles. The van der Waals surface area contributed by atoms with Gasteiger partial charge in [0.25, 0.3) is 0 Å². The summed E-state index contributed by atoms with van der Waals surface area (Å²) >= 11 is 0. The van der Waals surface area contributed by atoms with Gasteiger partial charge in [-0.25, -0.2) is 13.7 Å². The van der Waals surface area contributed by atoms with Gasteiger partial charge < -0.3 is 64.0 Å². The minimum absolute atomic E-state index is 0.876. The third-order valence-electron chi connectivity index (χ3n) is 4.79. The Balaban J connectivity index is 2.41. The van der Waals surface area contributed by atoms with Gasteiger partial charge in [0.15, 0.2) is 6.29 Å². The Morgan fingerprint density at radius 3 is 1.50 bits per heavy atom. The summed E-state index contributed by atoms with van der Waals surface area (Å²) in [6.45, 7) is -0.876. The average Bonchev–Trinajstić information content (AvgIpc) is 2.99. The highest BCUT2D eigenvalue weighted by atomic mass is 31.2. The fraction of sp³-hybridized carbons (Fsp3) is 1.00. The maximum atomic E-state index is 11.4. The molecule has 10 N–H and O–H groups in total. The van der Waals surface area contributed by atoms with Crippen molar-refractivity contribution in [1.82, 2.24) is 0 Å². The van der Waals surface area contributed by atoms with E-state index in [4.69, 9.17) is 43.6 Å². The Labute approximate surface area is 190 Å². The van der Waals surface area contributed by atoms with Crippen LogP contribution < -0.4 is 0 Å². The van der Waals surface area contributed by atoms with Crippen LogP contribution in [0.5, 0.6) is 0 Å². The highest BCUT2D eigenvalue weighted by molar-refractivity contribution is 7.46. The van der Waals surface area contributed by atoms with Gasteiger partial charge in [0, 0.05) is 7.11 Å². The number of phosphoric acid groups is 3. The second-order valence-electron chi connectivity index (χ2n) is 7.18. The van der Waals surface area contributed by atoms with E-state index in [1.807, 2.05) is 0 Å². The van der Waals surface area contributed by atoms with E-state index >= 15 is 0 Å². The Morgan fingerprint density at radius 1 is 0.676 bits per heavy atom. The molecule has 0 unspecified atom stereocenters. The number of phosphoric ester groups is 3. The number of aliphatic hydroxyl groups is 4. The lowest BCUT2D eigenvalue weighted by Gasteiger charge is -2.45. The number of ether oxygens (including phenoxy) is 3. The third kappa shape index (κ3) is 7.77. The van der Waals surface area contributed by atoms with Crippen molar-refractivity contribution >= 4 is 23.5 Å². The van der Waals surface area contributed by atoms with Crippen LogP contribution in [0.3, 0.4) is 0 Å². The van der Waals surface area contributed by atoms with E-state index in [9.17, 15) is 34.1 Å². The van der Waals surface area contributed by atoms with Crippen LogP contribution in [0.4, 0.5) is 0 Å². The number of rotatable bonds is 10. The van der Waals surface area contributed by atoms with E-state index in [0.29, 0.717) is 0 Å². The molecule has 0 aromatic carbocycles. The number of hydrogen-bond acceptors (Lipinski definition) is 13. The maximum Gasteiger partial charge on any atom is 0.470 e. The molecule has 0 spiro atoms. The number of hydrogen-bond donors (Lipinski definition) is 10. The fourth-order valence-electron chi connectivity index (χ4n) is 3.53. The second-order valence-corrected chi connectivity index (χ2v) is 10.8. The molecule has 202 valence electrons. The van der Waals surface area contributed by atoms with E-state index < -0.39 is 91.3 Å². The topological polar surface area (TPSA) is 309 Å². The number of methoxy groups -OCH3 is 1. The molecule has 0 amide bonds. The molecule has 1 saturated carbocycles. The van der Waals surface area contributed by atoms with Crippen molar-refractivity contribution in [2.45, 2.75) is 61.2 Å². The van der Waals surface area contributed by atoms with Gasteiger partial charge in [-0.3, -0.25) is 13.6 Å². The lowest BCUT2D eigenvalue weighted by molar-refractivity contribution is -0.247. The summed E-state index contributed by atoms with van der Waals surface area (Å²) in [7, 11) is -15.2. The first-order chi connectivity index (χ1) is 15.4. The first-order valence-corrected chi connectivity index (χ1v) is 13.7. The van der Waals surface area contributed by atoms with Gasteiger partial charge in [0.1, 0.15) is 54.9 Å². The van der Waals surface area contributed by atoms with Gasteiger partial charge in [-0.2, -0.15) is 0 Å². The lowest BCUT2D eigenvalue weighted by atomic mass is 9.84. The summed E-state index contributed by atoms with van der Waals surface area (Å²) in [6.07, 6.45) is -20.5. The molecule has 19 nitrogen and oxygen atoms in total. The molecule has 2 fully saturated rings. The molecule has 1 aliphatic heterocycles. The molecule has 0 radical (unpaired) electrons. The van der Waals surface area contributed by atoms with Crippen LogP contribution >= 0.6 is 23.5 Å². The van der Waals surface area contributed by atoms with Gasteiger partial charge in [-0.05, 0) is 0 Å². The van der Waals surface area contributed by atoms with Crippen LogP contribution in [0.15, 0.2) is 0 Å². The largest absolute Gasteiger partial charge is 0.470 e. The van der Waals surface area contributed by atoms with Crippen molar-refractivity contribution < 1.29 is 91.3 Å². The summed E-state index contributed by atoms with van der Waals surface area (Å²) < 4.78 is 62.4. The normalized spacial score (nSPS) is 40.0. The minimum atomic E-state index is -5.51. The highest BCUT2D eigenvalue weighted by Gasteiger charge is 2.58. The molecule has 0 bridgehead atoms. The van der Waals surface area contributed by atoms with Gasteiger partial charge >= 0.3 is 23.5 Å². The first kappa shape index (κ1) is 30.3. The molecule has 0 aromatic heterocycles. The molecule has 34 heavy (non-hydrogen) atoms. The van der Waals surface area contributed by atoms with Crippen molar-refractivity contribution in [3.63, 3.8) is 0 Å². The van der Waals surface area contributed by atoms with Crippen LogP contribution in [0.1, 0.15) is 0 Å². The third-order valence-corrected chi connectivity index (χ3v) is 6.35. The van der Waals surface area contributed by atoms with E-state index in [2.05, 4.69) is 13.6 Å². The standard InChI is InChI=1S/C12H25O19P3/c1-26-12-11(31-34(23,24)25)7(3(2-13)27-12)28-8-4(14)5(15)9(29-32(17,18)19)10(6(8)16)30-33(20,21)22/h3-16H,2H2,1H3,(H2,17,18,19)(H2,20,21,22)(H2,23,24,25)/t3-,4-,5+,6+,7-,8+,9-,10-,11-,12-/m1/s1. The van der Waals surface area contributed by atoms with Gasteiger partial charge in [0.2, 0.25) is 0 Å². The van der Waals surface area contributed by atoms with Crippen LogP contribution in [0, 0.1) is 0 Å². The quantitative estimate of drug-likeness (QED) is 0.112. The summed E-state index contributed by atoms with van der Waals surface area (Å²) in [5, 5.41) is 40.8. The molecule has 1 heterocycles. The van der Waals surface area contributed by atoms with Crippen LogP contribution in [0.2, 0.25) is 0 Å². The monoisotopic (exact) mass is 566 g/mol. The lowest BCUT2D eigenvalue weighted by Crippen LogP contribution is -2.66. The Morgan fingerprint density at radius 2 is 1.09 bits per heavy atom. The Bertz CT molecular complexity index is 821. The molecule has 10 atom stereocenters. The van der Waals surface area contributed by atoms with Crippen molar-refractivity contribution in [3.8, 4) is 0 Å². The zero-order valence-electron chi connectivity index (χ0n) is 17.0. The van der Waals surface area contributed by atoms with Gasteiger partial charge in [-0.1, -0.05) is 0 Å². The van der Waals surface area contributed by atoms with E-state index in [-0.39, 0.29) is 0 Å². The van der Waals surface area contributed by atoms with E-state index in [0.717, 1.165) is 7.11 Å². The SMILES string of the molecule is CO[C@@H]1O[C@H](CO)[C@@H](O[C@H]2[C@H](O)[C@H](O)[C@@H](OP(=O)(O)O)[C@H](OP(=O)(O)O)[C@H]2O)[C@H]1OP(=O)(O)O. The molecule has 0 aromatic rings. The molecular formula is C12H25O19P3. The van der Waals surface area contributed by atoms with Crippen molar-refractivity contribution in [1.29, 1.82) is 0 Å². The van der Waals surface area contributed by atoms with Crippen LogP contribution in [-0.2, 0) is 41.5 Å². The maximum absolute atomic E-state index is 11.4. The summed E-state index contributed by atoms with van der Waals surface area (Å²) in [5.74, 6) is 0. The fourth-order valence-corrected chi connectivity index (χ4v) is 5.19. The Kier molecular flexibility index (Phi) is 9.98. The summed E-state index contributed by atoms with van der Waals surface area (Å²) in [5.41, 5.74) is 0. The van der Waals surface area contributed by atoms with Crippen molar-refractivity contribution in [3.05, 3.63) is 0 Å².